The van der Waals surface area contributed by atoms with E-state index in [2.05, 4.69) is 20.8 Å². The second-order valence-corrected chi connectivity index (χ2v) is 7.29. The largest absolute Gasteiger partial charge is 0.459 e. The van der Waals surface area contributed by atoms with Crippen LogP contribution in [-0.2, 0) is 9.53 Å². The van der Waals surface area contributed by atoms with Gasteiger partial charge in [-0.05, 0) is 49.9 Å². The van der Waals surface area contributed by atoms with Gasteiger partial charge >= 0.3 is 5.97 Å². The summed E-state index contributed by atoms with van der Waals surface area (Å²) in [5, 5.41) is 0. The highest BCUT2D eigenvalue weighted by Crippen LogP contribution is 2.58. The topological polar surface area (TPSA) is 26.3 Å². The summed E-state index contributed by atoms with van der Waals surface area (Å²) in [7, 11) is 0. The van der Waals surface area contributed by atoms with E-state index in [1.54, 1.807) is 0 Å². The van der Waals surface area contributed by atoms with Gasteiger partial charge in [0.25, 0.3) is 0 Å². The fraction of sp³-hybridized carbons (Fsp3) is 0.933. The van der Waals surface area contributed by atoms with Crippen LogP contribution in [0.2, 0.25) is 0 Å². The molecule has 2 saturated carbocycles. The first-order chi connectivity index (χ1) is 7.92. The van der Waals surface area contributed by atoms with Crippen LogP contribution in [-0.4, -0.2) is 11.6 Å². The second-order valence-electron chi connectivity index (χ2n) is 7.29. The molecule has 3 aliphatic rings. The van der Waals surface area contributed by atoms with E-state index < -0.39 is 0 Å². The van der Waals surface area contributed by atoms with Crippen LogP contribution in [0.3, 0.4) is 0 Å². The van der Waals surface area contributed by atoms with Crippen molar-refractivity contribution in [1.29, 1.82) is 0 Å². The molecule has 0 aromatic carbocycles. The Morgan fingerprint density at radius 1 is 1.12 bits per heavy atom. The van der Waals surface area contributed by atoms with E-state index in [9.17, 15) is 4.79 Å². The first-order valence-corrected chi connectivity index (χ1v) is 7.14. The molecule has 96 valence electrons. The van der Waals surface area contributed by atoms with Gasteiger partial charge in [0.2, 0.25) is 0 Å². The predicted octanol–water partition coefficient (Wildman–Crippen LogP) is 3.54. The Hall–Kier alpha value is -0.530. The minimum atomic E-state index is -0.133. The van der Waals surface area contributed by atoms with Crippen molar-refractivity contribution < 1.29 is 9.53 Å². The monoisotopic (exact) mass is 236 g/mol. The molecular formula is C15H24O2. The summed E-state index contributed by atoms with van der Waals surface area (Å²) in [4.78, 5) is 11.6. The Labute approximate surface area is 104 Å². The second kappa shape index (κ2) is 3.49. The minimum Gasteiger partial charge on any atom is -0.459 e. The Morgan fingerprint density at radius 2 is 1.88 bits per heavy atom. The predicted molar refractivity (Wildman–Crippen MR) is 66.5 cm³/mol. The van der Waals surface area contributed by atoms with Crippen molar-refractivity contribution in [3.05, 3.63) is 0 Å². The molecule has 1 heterocycles. The number of hydrogen-bond acceptors (Lipinski definition) is 2. The van der Waals surface area contributed by atoms with Gasteiger partial charge in [0.1, 0.15) is 5.60 Å². The molecule has 0 aromatic rings. The first-order valence-electron chi connectivity index (χ1n) is 7.14. The molecule has 2 nitrogen and oxygen atoms in total. The molecule has 0 N–H and O–H groups in total. The maximum Gasteiger partial charge on any atom is 0.306 e. The smallest absolute Gasteiger partial charge is 0.306 e. The SMILES string of the molecule is CC1(C)CCC[C@@H]2C3CC(=O)O[C@]3(C)CC[C@H]21. The molecule has 1 aliphatic heterocycles. The summed E-state index contributed by atoms with van der Waals surface area (Å²) in [5.74, 6) is 2.07. The standard InChI is InChI=1S/C15H24O2/c1-14(2)7-4-5-10-11(14)6-8-15(3)12(10)9-13(16)17-15/h10-12H,4-9H2,1-3H3/t10-,11+,12?,15+/m0/s1. The van der Waals surface area contributed by atoms with Crippen LogP contribution in [0.5, 0.6) is 0 Å². The van der Waals surface area contributed by atoms with E-state index in [-0.39, 0.29) is 11.6 Å². The molecule has 0 radical (unpaired) electrons. The quantitative estimate of drug-likeness (QED) is 0.601. The van der Waals surface area contributed by atoms with Crippen molar-refractivity contribution in [3.8, 4) is 0 Å². The molecule has 0 aromatic heterocycles. The number of ether oxygens (including phenoxy) is 1. The fourth-order valence-corrected chi connectivity index (χ4v) is 4.90. The molecule has 2 aliphatic carbocycles. The fourth-order valence-electron chi connectivity index (χ4n) is 4.90. The maximum atomic E-state index is 11.6. The van der Waals surface area contributed by atoms with Crippen LogP contribution in [0.4, 0.5) is 0 Å². The van der Waals surface area contributed by atoms with Crippen molar-refractivity contribution in [3.63, 3.8) is 0 Å². The van der Waals surface area contributed by atoms with Crippen LogP contribution < -0.4 is 0 Å². The van der Waals surface area contributed by atoms with Gasteiger partial charge in [0.15, 0.2) is 0 Å². The van der Waals surface area contributed by atoms with E-state index in [0.29, 0.717) is 17.8 Å². The zero-order valence-electron chi connectivity index (χ0n) is 11.3. The summed E-state index contributed by atoms with van der Waals surface area (Å²) in [6.07, 6.45) is 6.99. The third kappa shape index (κ3) is 1.63. The summed E-state index contributed by atoms with van der Waals surface area (Å²) in [5.41, 5.74) is 0.335. The molecule has 3 rings (SSSR count). The highest BCUT2D eigenvalue weighted by molar-refractivity contribution is 5.73. The van der Waals surface area contributed by atoms with Crippen LogP contribution >= 0.6 is 0 Å². The Kier molecular flexibility index (Phi) is 2.37. The van der Waals surface area contributed by atoms with Gasteiger partial charge < -0.3 is 4.74 Å². The Morgan fingerprint density at radius 3 is 2.65 bits per heavy atom. The number of carbonyl (C=O) groups is 1. The van der Waals surface area contributed by atoms with Gasteiger partial charge in [0, 0.05) is 5.92 Å². The number of rotatable bonds is 0. The normalized spacial score (nSPS) is 48.2. The van der Waals surface area contributed by atoms with Gasteiger partial charge in [-0.1, -0.05) is 20.3 Å². The average molecular weight is 236 g/mol. The van der Waals surface area contributed by atoms with Gasteiger partial charge in [-0.3, -0.25) is 4.79 Å². The van der Waals surface area contributed by atoms with Crippen molar-refractivity contribution in [1.82, 2.24) is 0 Å². The van der Waals surface area contributed by atoms with E-state index >= 15 is 0 Å². The van der Waals surface area contributed by atoms with Crippen molar-refractivity contribution in [2.45, 2.75) is 64.9 Å². The van der Waals surface area contributed by atoms with Gasteiger partial charge in [-0.25, -0.2) is 0 Å². The lowest BCUT2D eigenvalue weighted by Gasteiger charge is -2.53. The van der Waals surface area contributed by atoms with Crippen LogP contribution in [0.15, 0.2) is 0 Å². The molecule has 0 bridgehead atoms. The van der Waals surface area contributed by atoms with Gasteiger partial charge in [-0.15, -0.1) is 0 Å². The van der Waals surface area contributed by atoms with E-state index in [1.807, 2.05) is 0 Å². The number of esters is 1. The molecule has 4 atom stereocenters. The molecule has 1 saturated heterocycles. The summed E-state index contributed by atoms with van der Waals surface area (Å²) >= 11 is 0. The van der Waals surface area contributed by atoms with Crippen LogP contribution in [0.1, 0.15) is 59.3 Å². The lowest BCUT2D eigenvalue weighted by Crippen LogP contribution is -2.49. The zero-order valence-corrected chi connectivity index (χ0v) is 11.3. The molecule has 0 amide bonds. The van der Waals surface area contributed by atoms with Gasteiger partial charge in [0.05, 0.1) is 6.42 Å². The van der Waals surface area contributed by atoms with Crippen LogP contribution in [0.25, 0.3) is 0 Å². The summed E-state index contributed by atoms with van der Waals surface area (Å²) in [6.45, 7) is 7.01. The van der Waals surface area contributed by atoms with Crippen molar-refractivity contribution >= 4 is 5.97 Å². The summed E-state index contributed by atoms with van der Waals surface area (Å²) in [6, 6.07) is 0. The maximum absolute atomic E-state index is 11.6. The van der Waals surface area contributed by atoms with E-state index in [1.165, 1.54) is 25.7 Å². The lowest BCUT2D eigenvalue weighted by atomic mass is 9.53. The van der Waals surface area contributed by atoms with Crippen molar-refractivity contribution in [2.75, 3.05) is 0 Å². The summed E-state index contributed by atoms with van der Waals surface area (Å²) < 4.78 is 5.63. The number of carbonyl (C=O) groups excluding carboxylic acids is 1. The number of hydrogen-bond donors (Lipinski definition) is 0. The van der Waals surface area contributed by atoms with Crippen LogP contribution in [0, 0.1) is 23.2 Å². The Bertz CT molecular complexity index is 347. The highest BCUT2D eigenvalue weighted by Gasteiger charge is 2.56. The molecule has 1 unspecified atom stereocenters. The average Bonchev–Trinajstić information content (AvgIpc) is 2.52. The molecule has 3 fully saturated rings. The van der Waals surface area contributed by atoms with Crippen molar-refractivity contribution in [2.24, 2.45) is 23.2 Å². The lowest BCUT2D eigenvalue weighted by molar-refractivity contribution is -0.154. The molecule has 17 heavy (non-hydrogen) atoms. The molecule has 2 heteroatoms. The minimum absolute atomic E-state index is 0.0431. The third-order valence-electron chi connectivity index (χ3n) is 5.87. The third-order valence-corrected chi connectivity index (χ3v) is 5.87. The van der Waals surface area contributed by atoms with E-state index in [4.69, 9.17) is 4.74 Å². The first kappa shape index (κ1) is 11.6. The van der Waals surface area contributed by atoms with E-state index in [0.717, 1.165) is 18.3 Å². The molecule has 0 spiro atoms. The number of fused-ring (bicyclic) bond motifs is 3. The highest BCUT2D eigenvalue weighted by atomic mass is 16.6. The van der Waals surface area contributed by atoms with Gasteiger partial charge in [-0.2, -0.15) is 0 Å². The Balaban J connectivity index is 1.90. The molecular weight excluding hydrogens is 212 g/mol. The zero-order chi connectivity index (χ0) is 12.3.